The van der Waals surface area contributed by atoms with E-state index in [1.54, 1.807) is 6.20 Å². The lowest BCUT2D eigenvalue weighted by molar-refractivity contribution is 0.444. The van der Waals surface area contributed by atoms with E-state index in [1.807, 2.05) is 18.8 Å². The molecule has 80 valence electrons. The summed E-state index contributed by atoms with van der Waals surface area (Å²) >= 11 is 6.08. The Morgan fingerprint density at radius 2 is 2.21 bits per heavy atom. The molecule has 0 aliphatic carbocycles. The summed E-state index contributed by atoms with van der Waals surface area (Å²) in [5, 5.41) is 8.09. The van der Waals surface area contributed by atoms with Gasteiger partial charge in [0.1, 0.15) is 0 Å². The fourth-order valence-electron chi connectivity index (χ4n) is 1.70. The van der Waals surface area contributed by atoms with E-state index in [1.165, 1.54) is 0 Å². The standard InChI is InChI=1S/C10H18ClN3/c1-7(5-12-3)8(2)10-9(11)6-13-14(10)4/h6-8,12H,5H2,1-4H3. The van der Waals surface area contributed by atoms with Gasteiger partial charge in [0.15, 0.2) is 0 Å². The minimum Gasteiger partial charge on any atom is -0.319 e. The molecule has 3 nitrogen and oxygen atoms in total. The topological polar surface area (TPSA) is 29.9 Å². The molecule has 1 rings (SSSR count). The van der Waals surface area contributed by atoms with E-state index >= 15 is 0 Å². The molecule has 0 bridgehead atoms. The molecule has 4 heteroatoms. The van der Waals surface area contributed by atoms with Gasteiger partial charge in [-0.1, -0.05) is 25.4 Å². The van der Waals surface area contributed by atoms with Crippen molar-refractivity contribution in [3.63, 3.8) is 0 Å². The highest BCUT2D eigenvalue weighted by Gasteiger charge is 2.19. The smallest absolute Gasteiger partial charge is 0.0820 e. The largest absolute Gasteiger partial charge is 0.319 e. The van der Waals surface area contributed by atoms with Gasteiger partial charge < -0.3 is 5.32 Å². The third-order valence-corrected chi connectivity index (χ3v) is 3.04. The molecule has 0 saturated heterocycles. The molecule has 0 aromatic carbocycles. The van der Waals surface area contributed by atoms with E-state index in [-0.39, 0.29) is 0 Å². The number of nitrogens with one attached hydrogen (secondary N) is 1. The fourth-order valence-corrected chi connectivity index (χ4v) is 2.04. The van der Waals surface area contributed by atoms with Gasteiger partial charge in [0.2, 0.25) is 0 Å². The van der Waals surface area contributed by atoms with Gasteiger partial charge in [-0.2, -0.15) is 5.10 Å². The average molecular weight is 216 g/mol. The van der Waals surface area contributed by atoms with Crippen LogP contribution in [0.4, 0.5) is 0 Å². The predicted octanol–water partition coefficient (Wildman–Crippen LogP) is 2.03. The normalized spacial score (nSPS) is 15.5. The summed E-state index contributed by atoms with van der Waals surface area (Å²) in [6.45, 7) is 5.39. The van der Waals surface area contributed by atoms with Crippen molar-refractivity contribution in [2.45, 2.75) is 19.8 Å². The van der Waals surface area contributed by atoms with Gasteiger partial charge in [-0.15, -0.1) is 0 Å². The predicted molar refractivity (Wildman–Crippen MR) is 59.7 cm³/mol. The summed E-state index contributed by atoms with van der Waals surface area (Å²) in [6, 6.07) is 0. The maximum Gasteiger partial charge on any atom is 0.0820 e. The Hall–Kier alpha value is -0.540. The maximum atomic E-state index is 6.08. The molecule has 1 aromatic heterocycles. The van der Waals surface area contributed by atoms with Gasteiger partial charge in [0.05, 0.1) is 16.9 Å². The molecule has 0 saturated carbocycles. The van der Waals surface area contributed by atoms with Crippen LogP contribution in [0.15, 0.2) is 6.20 Å². The first-order valence-corrected chi connectivity index (χ1v) is 5.27. The van der Waals surface area contributed by atoms with Gasteiger partial charge in [0, 0.05) is 13.0 Å². The number of aromatic nitrogens is 2. The summed E-state index contributed by atoms with van der Waals surface area (Å²) < 4.78 is 1.86. The zero-order valence-corrected chi connectivity index (χ0v) is 9.97. The van der Waals surface area contributed by atoms with Gasteiger partial charge in [-0.3, -0.25) is 4.68 Å². The molecule has 1 aromatic rings. The highest BCUT2D eigenvalue weighted by atomic mass is 35.5. The van der Waals surface area contributed by atoms with Crippen molar-refractivity contribution in [3.8, 4) is 0 Å². The Labute approximate surface area is 90.4 Å². The van der Waals surface area contributed by atoms with Crippen LogP contribution in [0, 0.1) is 5.92 Å². The van der Waals surface area contributed by atoms with E-state index in [0.717, 1.165) is 17.3 Å². The van der Waals surface area contributed by atoms with Crippen LogP contribution in [0.25, 0.3) is 0 Å². The van der Waals surface area contributed by atoms with Crippen molar-refractivity contribution >= 4 is 11.6 Å². The van der Waals surface area contributed by atoms with E-state index in [4.69, 9.17) is 11.6 Å². The molecule has 0 aliphatic heterocycles. The molecule has 1 heterocycles. The molecule has 0 aliphatic rings. The Kier molecular flexibility index (Phi) is 3.96. The summed E-state index contributed by atoms with van der Waals surface area (Å²) in [5.41, 5.74) is 1.12. The van der Waals surface area contributed by atoms with Crippen molar-refractivity contribution in [1.29, 1.82) is 0 Å². The summed E-state index contributed by atoms with van der Waals surface area (Å²) in [7, 11) is 3.90. The van der Waals surface area contributed by atoms with E-state index in [0.29, 0.717) is 11.8 Å². The first-order valence-electron chi connectivity index (χ1n) is 4.90. The number of nitrogens with zero attached hydrogens (tertiary/aromatic N) is 2. The highest BCUT2D eigenvalue weighted by molar-refractivity contribution is 6.31. The molecule has 14 heavy (non-hydrogen) atoms. The van der Waals surface area contributed by atoms with Crippen LogP contribution in [0.5, 0.6) is 0 Å². The molecule has 0 spiro atoms. The first kappa shape index (κ1) is 11.5. The number of hydrogen-bond donors (Lipinski definition) is 1. The Balaban J connectivity index is 2.82. The average Bonchev–Trinajstić information content (AvgIpc) is 2.46. The lowest BCUT2D eigenvalue weighted by Crippen LogP contribution is -2.22. The van der Waals surface area contributed by atoms with Crippen LogP contribution >= 0.6 is 11.6 Å². The van der Waals surface area contributed by atoms with E-state index < -0.39 is 0 Å². The molecular weight excluding hydrogens is 198 g/mol. The van der Waals surface area contributed by atoms with Crippen molar-refractivity contribution in [3.05, 3.63) is 16.9 Å². The van der Waals surface area contributed by atoms with Crippen molar-refractivity contribution in [2.75, 3.05) is 13.6 Å². The van der Waals surface area contributed by atoms with Crippen LogP contribution in [-0.2, 0) is 7.05 Å². The van der Waals surface area contributed by atoms with Crippen molar-refractivity contribution in [2.24, 2.45) is 13.0 Å². The Bertz CT molecular complexity index is 276. The fraction of sp³-hybridized carbons (Fsp3) is 0.700. The molecule has 1 N–H and O–H groups in total. The van der Waals surface area contributed by atoms with Crippen LogP contribution in [-0.4, -0.2) is 23.4 Å². The van der Waals surface area contributed by atoms with E-state index in [2.05, 4.69) is 24.3 Å². The van der Waals surface area contributed by atoms with Crippen LogP contribution in [0.1, 0.15) is 25.5 Å². The molecule has 0 radical (unpaired) electrons. The molecule has 0 amide bonds. The second kappa shape index (κ2) is 4.80. The summed E-state index contributed by atoms with van der Waals surface area (Å²) in [6.07, 6.45) is 1.71. The Morgan fingerprint density at radius 1 is 1.57 bits per heavy atom. The summed E-state index contributed by atoms with van der Waals surface area (Å²) in [5.74, 6) is 0.968. The van der Waals surface area contributed by atoms with Crippen molar-refractivity contribution in [1.82, 2.24) is 15.1 Å². The zero-order chi connectivity index (χ0) is 10.7. The number of aryl methyl sites for hydroxylation is 1. The van der Waals surface area contributed by atoms with Gasteiger partial charge in [0.25, 0.3) is 0 Å². The first-order chi connectivity index (χ1) is 6.57. The van der Waals surface area contributed by atoms with Gasteiger partial charge in [-0.05, 0) is 19.5 Å². The highest BCUT2D eigenvalue weighted by Crippen LogP contribution is 2.28. The zero-order valence-electron chi connectivity index (χ0n) is 9.21. The SMILES string of the molecule is CNCC(C)C(C)c1c(Cl)cnn1C. The number of halogens is 1. The third-order valence-electron chi connectivity index (χ3n) is 2.75. The number of hydrogen-bond acceptors (Lipinski definition) is 2. The second-order valence-corrected chi connectivity index (χ2v) is 4.23. The van der Waals surface area contributed by atoms with E-state index in [9.17, 15) is 0 Å². The van der Waals surface area contributed by atoms with Crippen molar-refractivity contribution < 1.29 is 0 Å². The van der Waals surface area contributed by atoms with Gasteiger partial charge in [-0.25, -0.2) is 0 Å². The minimum absolute atomic E-state index is 0.419. The summed E-state index contributed by atoms with van der Waals surface area (Å²) in [4.78, 5) is 0. The maximum absolute atomic E-state index is 6.08. The number of rotatable bonds is 4. The molecule has 0 fully saturated rings. The minimum atomic E-state index is 0.419. The third kappa shape index (κ3) is 2.28. The second-order valence-electron chi connectivity index (χ2n) is 3.82. The molecule has 2 atom stereocenters. The lowest BCUT2D eigenvalue weighted by atomic mass is 9.93. The lowest BCUT2D eigenvalue weighted by Gasteiger charge is -2.20. The monoisotopic (exact) mass is 215 g/mol. The Morgan fingerprint density at radius 3 is 2.64 bits per heavy atom. The molecule has 2 unspecified atom stereocenters. The molecular formula is C10H18ClN3. The van der Waals surface area contributed by atoms with Gasteiger partial charge >= 0.3 is 0 Å². The van der Waals surface area contributed by atoms with Crippen LogP contribution in [0.2, 0.25) is 5.02 Å². The van der Waals surface area contributed by atoms with Crippen LogP contribution in [0.3, 0.4) is 0 Å². The quantitative estimate of drug-likeness (QED) is 0.833. The van der Waals surface area contributed by atoms with Crippen LogP contribution < -0.4 is 5.32 Å².